The molecule has 192 valence electrons. The molecule has 35 heavy (non-hydrogen) atoms. The highest BCUT2D eigenvalue weighted by atomic mass is 19.4. The molecule has 1 aliphatic heterocycles. The molecule has 2 aromatic rings. The van der Waals surface area contributed by atoms with Crippen molar-refractivity contribution in [2.24, 2.45) is 11.8 Å². The van der Waals surface area contributed by atoms with Gasteiger partial charge in [-0.15, -0.1) is 0 Å². The number of likely N-dealkylation sites (tertiary alicyclic amines) is 1. The highest BCUT2D eigenvalue weighted by Gasteiger charge is 2.36. The van der Waals surface area contributed by atoms with Crippen molar-refractivity contribution in [3.63, 3.8) is 0 Å². The van der Waals surface area contributed by atoms with Gasteiger partial charge in [0.05, 0.1) is 12.7 Å². The van der Waals surface area contributed by atoms with Gasteiger partial charge in [0.2, 0.25) is 5.91 Å². The number of ether oxygens (including phenoxy) is 2. The minimum absolute atomic E-state index is 0.0354. The van der Waals surface area contributed by atoms with Crippen LogP contribution in [0.4, 0.5) is 13.2 Å². The highest BCUT2D eigenvalue weighted by Crippen LogP contribution is 2.36. The summed E-state index contributed by atoms with van der Waals surface area (Å²) in [5.74, 6) is 1.38. The summed E-state index contributed by atoms with van der Waals surface area (Å²) in [5.41, 5.74) is 1.32. The van der Waals surface area contributed by atoms with Gasteiger partial charge in [0.25, 0.3) is 0 Å². The molecular formula is C27H35F3N2O3. The molecule has 0 aromatic heterocycles. The lowest BCUT2D eigenvalue weighted by atomic mass is 9.88. The van der Waals surface area contributed by atoms with E-state index in [2.05, 4.69) is 24.8 Å². The largest absolute Gasteiger partial charge is 0.497 e. The lowest BCUT2D eigenvalue weighted by Gasteiger charge is -2.30. The Hall–Kier alpha value is -2.58. The second kappa shape index (κ2) is 11.9. The number of rotatable bonds is 10. The minimum atomic E-state index is -4.34. The van der Waals surface area contributed by atoms with E-state index in [1.165, 1.54) is 7.11 Å². The summed E-state index contributed by atoms with van der Waals surface area (Å²) in [5, 5.41) is 0. The van der Waals surface area contributed by atoms with Crippen LogP contribution in [0.5, 0.6) is 5.75 Å². The van der Waals surface area contributed by atoms with Gasteiger partial charge >= 0.3 is 6.18 Å². The second-order valence-electron chi connectivity index (χ2n) is 9.66. The third-order valence-corrected chi connectivity index (χ3v) is 6.39. The van der Waals surface area contributed by atoms with Crippen molar-refractivity contribution in [1.29, 1.82) is 0 Å². The molecule has 1 heterocycles. The zero-order valence-corrected chi connectivity index (χ0v) is 20.8. The van der Waals surface area contributed by atoms with Crippen molar-refractivity contribution in [2.75, 3.05) is 47.0 Å². The van der Waals surface area contributed by atoms with E-state index in [0.717, 1.165) is 42.1 Å². The number of alkyl halides is 3. The molecule has 5 nitrogen and oxygen atoms in total. The molecule has 3 rings (SSSR count). The lowest BCUT2D eigenvalue weighted by molar-refractivity contribution is -0.138. The lowest BCUT2D eigenvalue weighted by Crippen LogP contribution is -2.41. The normalized spacial score (nSPS) is 18.7. The fraction of sp³-hybridized carbons (Fsp3) is 0.519. The van der Waals surface area contributed by atoms with E-state index in [1.807, 2.05) is 23.1 Å². The topological polar surface area (TPSA) is 42.0 Å². The average Bonchev–Trinajstić information content (AvgIpc) is 3.20. The van der Waals surface area contributed by atoms with Crippen molar-refractivity contribution < 1.29 is 27.4 Å². The molecule has 0 N–H and O–H groups in total. The van der Waals surface area contributed by atoms with Crippen LogP contribution in [0.1, 0.15) is 36.5 Å². The van der Waals surface area contributed by atoms with E-state index in [-0.39, 0.29) is 24.3 Å². The summed E-state index contributed by atoms with van der Waals surface area (Å²) >= 11 is 0. The Bertz CT molecular complexity index is 963. The maximum atomic E-state index is 12.9. The number of nitrogens with zero attached hydrogens (tertiary/aromatic N) is 2. The van der Waals surface area contributed by atoms with Crippen LogP contribution in [-0.2, 0) is 22.3 Å². The Morgan fingerprint density at radius 1 is 1.11 bits per heavy atom. The molecule has 1 fully saturated rings. The molecule has 1 saturated heterocycles. The molecular weight excluding hydrogens is 457 g/mol. The van der Waals surface area contributed by atoms with Crippen LogP contribution in [0, 0.1) is 11.8 Å². The summed E-state index contributed by atoms with van der Waals surface area (Å²) in [6.07, 6.45) is -4.34. The van der Waals surface area contributed by atoms with Gasteiger partial charge < -0.3 is 14.4 Å². The van der Waals surface area contributed by atoms with Gasteiger partial charge in [0.1, 0.15) is 12.4 Å². The zero-order chi connectivity index (χ0) is 25.6. The van der Waals surface area contributed by atoms with E-state index in [4.69, 9.17) is 9.47 Å². The number of halogens is 3. The van der Waals surface area contributed by atoms with Crippen molar-refractivity contribution >= 4 is 5.91 Å². The van der Waals surface area contributed by atoms with Crippen LogP contribution >= 0.6 is 0 Å². The maximum absolute atomic E-state index is 12.9. The summed E-state index contributed by atoms with van der Waals surface area (Å²) in [4.78, 5) is 16.9. The monoisotopic (exact) mass is 492 g/mol. The molecule has 0 aliphatic carbocycles. The first-order valence-electron chi connectivity index (χ1n) is 11.9. The number of methoxy groups -OCH3 is 2. The fourth-order valence-corrected chi connectivity index (χ4v) is 4.80. The van der Waals surface area contributed by atoms with Crippen molar-refractivity contribution in [3.8, 4) is 5.75 Å². The van der Waals surface area contributed by atoms with Gasteiger partial charge in [-0.1, -0.05) is 38.1 Å². The van der Waals surface area contributed by atoms with E-state index < -0.39 is 11.7 Å². The molecule has 1 aliphatic rings. The number of carbonyl (C=O) groups excluding carboxylic acids is 1. The summed E-state index contributed by atoms with van der Waals surface area (Å²) in [7, 11) is 3.15. The summed E-state index contributed by atoms with van der Waals surface area (Å²) in [6, 6.07) is 13.3. The molecule has 0 saturated carbocycles. The Balaban J connectivity index is 1.82. The van der Waals surface area contributed by atoms with Crippen LogP contribution < -0.4 is 4.74 Å². The summed E-state index contributed by atoms with van der Waals surface area (Å²) in [6.45, 7) is 7.46. The molecule has 0 radical (unpaired) electrons. The molecule has 2 atom stereocenters. The molecule has 0 bridgehead atoms. The van der Waals surface area contributed by atoms with Gasteiger partial charge in [0.15, 0.2) is 0 Å². The quantitative estimate of drug-likeness (QED) is 0.465. The zero-order valence-electron chi connectivity index (χ0n) is 20.8. The van der Waals surface area contributed by atoms with Gasteiger partial charge in [-0.25, -0.2) is 0 Å². The Kier molecular flexibility index (Phi) is 9.19. The smallest absolute Gasteiger partial charge is 0.416 e. The van der Waals surface area contributed by atoms with E-state index >= 15 is 0 Å². The Morgan fingerprint density at radius 2 is 1.83 bits per heavy atom. The average molecular weight is 493 g/mol. The number of benzene rings is 2. The predicted molar refractivity (Wildman–Crippen MR) is 129 cm³/mol. The standard InChI is InChI=1S/C27H35F3N2O3/c1-19(2)13-32(26(33)18-34-3)16-22-15-31(14-20-8-10-23(11-9-20)27(28,29)30)17-25(22)21-6-5-7-24(12-21)35-4/h5-12,19,22,25H,13-18H2,1-4H3. The van der Waals surface area contributed by atoms with E-state index in [0.29, 0.717) is 25.6 Å². The van der Waals surface area contributed by atoms with Crippen LogP contribution in [0.2, 0.25) is 0 Å². The van der Waals surface area contributed by atoms with E-state index in [9.17, 15) is 18.0 Å². The number of hydrogen-bond donors (Lipinski definition) is 0. The number of hydrogen-bond acceptors (Lipinski definition) is 4. The first-order valence-corrected chi connectivity index (χ1v) is 11.9. The van der Waals surface area contributed by atoms with Crippen LogP contribution in [0.25, 0.3) is 0 Å². The first-order chi connectivity index (χ1) is 16.6. The maximum Gasteiger partial charge on any atom is 0.416 e. The fourth-order valence-electron chi connectivity index (χ4n) is 4.80. The van der Waals surface area contributed by atoms with Crippen LogP contribution in [-0.4, -0.2) is 62.7 Å². The molecule has 0 spiro atoms. The van der Waals surface area contributed by atoms with Crippen molar-refractivity contribution in [3.05, 3.63) is 65.2 Å². The predicted octanol–water partition coefficient (Wildman–Crippen LogP) is 5.06. The molecule has 2 unspecified atom stereocenters. The van der Waals surface area contributed by atoms with Gasteiger partial charge in [-0.05, 0) is 47.2 Å². The molecule has 8 heteroatoms. The Labute approximate surface area is 205 Å². The summed E-state index contributed by atoms with van der Waals surface area (Å²) < 4.78 is 49.4. The third kappa shape index (κ3) is 7.45. The SMILES string of the molecule is COCC(=O)N(CC(C)C)CC1CN(Cc2ccc(C(F)(F)F)cc2)CC1c1cccc(OC)c1. The Morgan fingerprint density at radius 3 is 2.43 bits per heavy atom. The molecule has 2 aromatic carbocycles. The van der Waals surface area contributed by atoms with Gasteiger partial charge in [-0.2, -0.15) is 13.2 Å². The van der Waals surface area contributed by atoms with Gasteiger partial charge in [0, 0.05) is 45.8 Å². The second-order valence-corrected chi connectivity index (χ2v) is 9.66. The first kappa shape index (κ1) is 27.0. The highest BCUT2D eigenvalue weighted by molar-refractivity contribution is 5.77. The number of amides is 1. The van der Waals surface area contributed by atoms with E-state index in [1.54, 1.807) is 19.2 Å². The van der Waals surface area contributed by atoms with Crippen LogP contribution in [0.15, 0.2) is 48.5 Å². The third-order valence-electron chi connectivity index (χ3n) is 6.39. The van der Waals surface area contributed by atoms with Crippen LogP contribution in [0.3, 0.4) is 0 Å². The van der Waals surface area contributed by atoms with Crippen molar-refractivity contribution in [1.82, 2.24) is 9.80 Å². The van der Waals surface area contributed by atoms with Gasteiger partial charge in [-0.3, -0.25) is 9.69 Å². The minimum Gasteiger partial charge on any atom is -0.497 e. The molecule has 1 amide bonds. The number of carbonyl (C=O) groups is 1. The van der Waals surface area contributed by atoms with Crippen molar-refractivity contribution in [2.45, 2.75) is 32.5 Å².